The van der Waals surface area contributed by atoms with Gasteiger partial charge in [-0.25, -0.2) is 9.49 Å². The second-order valence-corrected chi connectivity index (χ2v) is 8.08. The minimum atomic E-state index is -0.445. The molecule has 9 heteroatoms. The van der Waals surface area contributed by atoms with Crippen LogP contribution >= 0.6 is 0 Å². The van der Waals surface area contributed by atoms with Crippen LogP contribution < -0.4 is 16.0 Å². The summed E-state index contributed by atoms with van der Waals surface area (Å²) in [7, 11) is 0. The number of amides is 1. The fourth-order valence-corrected chi connectivity index (χ4v) is 4.35. The molecule has 5 rings (SSSR count). The third-order valence-corrected chi connectivity index (χ3v) is 6.01. The average molecular weight is 447 g/mol. The summed E-state index contributed by atoms with van der Waals surface area (Å²) >= 11 is 0. The molecule has 2 aromatic carbocycles. The van der Waals surface area contributed by atoms with Crippen LogP contribution in [0, 0.1) is 5.82 Å². The van der Waals surface area contributed by atoms with Crippen LogP contribution in [0.4, 0.5) is 10.2 Å². The van der Waals surface area contributed by atoms with Gasteiger partial charge in [-0.2, -0.15) is 5.10 Å². The van der Waals surface area contributed by atoms with Crippen molar-refractivity contribution in [2.75, 3.05) is 18.8 Å². The van der Waals surface area contributed by atoms with Gasteiger partial charge >= 0.3 is 0 Å². The molecule has 0 unspecified atom stereocenters. The van der Waals surface area contributed by atoms with E-state index in [0.717, 1.165) is 17.5 Å². The Morgan fingerprint density at radius 2 is 1.97 bits per heavy atom. The number of rotatable bonds is 4. The van der Waals surface area contributed by atoms with Gasteiger partial charge in [-0.1, -0.05) is 24.3 Å². The first-order chi connectivity index (χ1) is 15.9. The minimum Gasteiger partial charge on any atom is -0.454 e. The third-order valence-electron chi connectivity index (χ3n) is 6.01. The number of likely N-dealkylation sites (tertiary alicyclic amines) is 1. The summed E-state index contributed by atoms with van der Waals surface area (Å²) in [6, 6.07) is 13.3. The van der Waals surface area contributed by atoms with Gasteiger partial charge in [0.15, 0.2) is 17.4 Å². The molecule has 1 fully saturated rings. The first kappa shape index (κ1) is 20.7. The van der Waals surface area contributed by atoms with Crippen molar-refractivity contribution in [2.24, 2.45) is 0 Å². The van der Waals surface area contributed by atoms with E-state index in [9.17, 15) is 14.0 Å². The van der Waals surface area contributed by atoms with Gasteiger partial charge in [0.25, 0.3) is 5.56 Å². The number of para-hydroxylation sites is 1. The quantitative estimate of drug-likeness (QED) is 0.496. The van der Waals surface area contributed by atoms with Crippen LogP contribution in [0.3, 0.4) is 0 Å². The fourth-order valence-electron chi connectivity index (χ4n) is 4.35. The Balaban J connectivity index is 1.55. The monoisotopic (exact) mass is 447 g/mol. The SMILES string of the molecule is CC(=O)N1CC[C@@H](n2cc(-c3ccc(Oc4ccccc4F)cc3)c3c(N)n[nH]c(=O)c32)C1. The number of hydrogen-bond donors (Lipinski definition) is 2. The standard InChI is InChI=1S/C24H22FN5O3/c1-14(31)29-11-10-16(12-29)30-13-18(21-22(30)24(32)28-27-23(21)26)15-6-8-17(9-7-15)33-20-5-3-2-4-19(20)25/h2-9,13,16H,10-12H2,1H3,(H2,26,27)(H,28,32)/t16-/m1/s1. The lowest BCUT2D eigenvalue weighted by Crippen LogP contribution is -2.26. The van der Waals surface area contributed by atoms with Gasteiger partial charge in [-0.15, -0.1) is 0 Å². The number of nitrogens with two attached hydrogens (primary N) is 1. The van der Waals surface area contributed by atoms with Crippen molar-refractivity contribution in [3.8, 4) is 22.6 Å². The number of halogens is 1. The van der Waals surface area contributed by atoms with Crippen molar-refractivity contribution in [3.05, 3.63) is 70.9 Å². The highest BCUT2D eigenvalue weighted by atomic mass is 19.1. The molecule has 4 aromatic rings. The second-order valence-electron chi connectivity index (χ2n) is 8.08. The fraction of sp³-hybridized carbons (Fsp3) is 0.208. The predicted molar refractivity (Wildman–Crippen MR) is 123 cm³/mol. The molecule has 1 atom stereocenters. The number of hydrogen-bond acceptors (Lipinski definition) is 5. The van der Waals surface area contributed by atoms with Crippen molar-refractivity contribution in [1.82, 2.24) is 19.7 Å². The van der Waals surface area contributed by atoms with E-state index in [1.165, 1.54) is 6.07 Å². The maximum absolute atomic E-state index is 13.9. The molecule has 3 N–H and O–H groups in total. The Kier molecular flexibility index (Phi) is 5.08. The van der Waals surface area contributed by atoms with Crippen LogP contribution in [0.5, 0.6) is 11.5 Å². The zero-order valence-electron chi connectivity index (χ0n) is 17.9. The highest BCUT2D eigenvalue weighted by Gasteiger charge is 2.29. The number of nitrogens with zero attached hydrogens (tertiary/aromatic N) is 3. The molecule has 33 heavy (non-hydrogen) atoms. The lowest BCUT2D eigenvalue weighted by molar-refractivity contribution is -0.127. The molecule has 0 saturated carbocycles. The van der Waals surface area contributed by atoms with Crippen molar-refractivity contribution in [1.29, 1.82) is 0 Å². The maximum atomic E-state index is 13.9. The molecule has 0 aliphatic carbocycles. The van der Waals surface area contributed by atoms with E-state index in [2.05, 4.69) is 10.2 Å². The number of anilines is 1. The molecule has 1 aliphatic rings. The summed E-state index contributed by atoms with van der Waals surface area (Å²) in [5.41, 5.74) is 7.82. The van der Waals surface area contributed by atoms with Crippen LogP contribution in [-0.2, 0) is 4.79 Å². The van der Waals surface area contributed by atoms with E-state index < -0.39 is 5.82 Å². The van der Waals surface area contributed by atoms with E-state index in [1.807, 2.05) is 22.9 Å². The van der Waals surface area contributed by atoms with E-state index in [0.29, 0.717) is 29.7 Å². The first-order valence-corrected chi connectivity index (χ1v) is 10.6. The Bertz CT molecular complexity index is 1410. The van der Waals surface area contributed by atoms with Crippen LogP contribution in [0.1, 0.15) is 19.4 Å². The Morgan fingerprint density at radius 3 is 2.67 bits per heavy atom. The molecular formula is C24H22FN5O3. The maximum Gasteiger partial charge on any atom is 0.288 e. The number of carbonyl (C=O) groups excluding carboxylic acids is 1. The van der Waals surface area contributed by atoms with Crippen molar-refractivity contribution < 1.29 is 13.9 Å². The van der Waals surface area contributed by atoms with E-state index in [4.69, 9.17) is 10.5 Å². The molecule has 1 aliphatic heterocycles. The predicted octanol–water partition coefficient (Wildman–Crippen LogP) is 3.70. The van der Waals surface area contributed by atoms with E-state index in [1.54, 1.807) is 42.2 Å². The van der Waals surface area contributed by atoms with Gasteiger partial charge in [0.05, 0.1) is 11.4 Å². The Labute approximate surface area is 188 Å². The van der Waals surface area contributed by atoms with Gasteiger partial charge in [0.1, 0.15) is 11.3 Å². The second kappa shape index (κ2) is 8.09. The van der Waals surface area contributed by atoms with Gasteiger partial charge in [0, 0.05) is 31.8 Å². The van der Waals surface area contributed by atoms with E-state index in [-0.39, 0.29) is 29.1 Å². The normalized spacial score (nSPS) is 15.8. The number of aromatic amines is 1. The van der Waals surface area contributed by atoms with E-state index >= 15 is 0 Å². The highest BCUT2D eigenvalue weighted by molar-refractivity contribution is 6.02. The number of ether oxygens (including phenoxy) is 1. The van der Waals surface area contributed by atoms with Crippen LogP contribution in [0.2, 0.25) is 0 Å². The van der Waals surface area contributed by atoms with Crippen molar-refractivity contribution in [2.45, 2.75) is 19.4 Å². The highest BCUT2D eigenvalue weighted by Crippen LogP contribution is 2.36. The average Bonchev–Trinajstić information content (AvgIpc) is 3.45. The topological polar surface area (TPSA) is 106 Å². The Morgan fingerprint density at radius 1 is 1.21 bits per heavy atom. The number of carbonyl (C=O) groups is 1. The number of nitrogen functional groups attached to an aromatic ring is 1. The summed E-state index contributed by atoms with van der Waals surface area (Å²) < 4.78 is 21.4. The smallest absolute Gasteiger partial charge is 0.288 e. The first-order valence-electron chi connectivity index (χ1n) is 10.6. The number of fused-ring (bicyclic) bond motifs is 1. The largest absolute Gasteiger partial charge is 0.454 e. The van der Waals surface area contributed by atoms with Gasteiger partial charge in [0.2, 0.25) is 5.91 Å². The lowest BCUT2D eigenvalue weighted by Gasteiger charge is -2.15. The molecule has 0 bridgehead atoms. The summed E-state index contributed by atoms with van der Waals surface area (Å²) in [6.07, 6.45) is 2.62. The number of H-pyrrole nitrogens is 1. The van der Waals surface area contributed by atoms with Gasteiger partial charge in [-0.3, -0.25) is 9.59 Å². The van der Waals surface area contributed by atoms with Gasteiger partial charge in [-0.05, 0) is 36.2 Å². The molecule has 0 radical (unpaired) electrons. The number of benzene rings is 2. The molecule has 0 spiro atoms. The molecule has 3 heterocycles. The zero-order chi connectivity index (χ0) is 23.1. The third kappa shape index (κ3) is 3.71. The van der Waals surface area contributed by atoms with Crippen molar-refractivity contribution in [3.63, 3.8) is 0 Å². The van der Waals surface area contributed by atoms with Crippen molar-refractivity contribution >= 4 is 22.6 Å². The van der Waals surface area contributed by atoms with Crippen LogP contribution in [0.25, 0.3) is 22.0 Å². The number of aromatic nitrogens is 3. The van der Waals surface area contributed by atoms with Crippen LogP contribution in [-0.4, -0.2) is 38.7 Å². The molecule has 2 aromatic heterocycles. The summed E-state index contributed by atoms with van der Waals surface area (Å²) in [5.74, 6) is 0.391. The summed E-state index contributed by atoms with van der Waals surface area (Å²) in [5, 5.41) is 6.97. The summed E-state index contributed by atoms with van der Waals surface area (Å²) in [4.78, 5) is 26.3. The Hall–Kier alpha value is -4.14. The molecule has 168 valence electrons. The molecule has 1 amide bonds. The minimum absolute atomic E-state index is 0.00900. The molecule has 8 nitrogen and oxygen atoms in total. The number of nitrogens with one attached hydrogen (secondary N) is 1. The lowest BCUT2D eigenvalue weighted by atomic mass is 10.1. The van der Waals surface area contributed by atoms with Crippen LogP contribution in [0.15, 0.2) is 59.5 Å². The molecular weight excluding hydrogens is 425 g/mol. The molecule has 1 saturated heterocycles. The summed E-state index contributed by atoms with van der Waals surface area (Å²) in [6.45, 7) is 2.70. The van der Waals surface area contributed by atoms with Gasteiger partial charge < -0.3 is 19.9 Å². The zero-order valence-corrected chi connectivity index (χ0v) is 17.9.